The Morgan fingerprint density at radius 1 is 1.23 bits per heavy atom. The first-order valence-electron chi connectivity index (χ1n) is 8.92. The number of amides is 1. The third-order valence-electron chi connectivity index (χ3n) is 4.45. The van der Waals surface area contributed by atoms with Gasteiger partial charge in [-0.3, -0.25) is 4.79 Å². The highest BCUT2D eigenvalue weighted by atomic mass is 16.5. The molecule has 1 atom stereocenters. The summed E-state index contributed by atoms with van der Waals surface area (Å²) in [7, 11) is 1.79. The zero-order valence-corrected chi connectivity index (χ0v) is 15.8. The van der Waals surface area contributed by atoms with E-state index >= 15 is 0 Å². The van der Waals surface area contributed by atoms with Crippen LogP contribution in [0, 0.1) is 6.92 Å². The van der Waals surface area contributed by atoms with E-state index in [-0.39, 0.29) is 5.91 Å². The molecule has 0 fully saturated rings. The van der Waals surface area contributed by atoms with Crippen molar-refractivity contribution in [1.82, 2.24) is 14.5 Å². The van der Waals surface area contributed by atoms with Crippen molar-refractivity contribution in [3.05, 3.63) is 59.9 Å². The molecule has 1 amide bonds. The summed E-state index contributed by atoms with van der Waals surface area (Å²) in [6.45, 7) is 7.13. The lowest BCUT2D eigenvalue weighted by molar-refractivity contribution is -0.137. The van der Waals surface area contributed by atoms with Crippen molar-refractivity contribution in [3.8, 4) is 5.75 Å². The molecule has 0 aliphatic heterocycles. The van der Waals surface area contributed by atoms with Crippen molar-refractivity contribution in [2.24, 2.45) is 0 Å². The number of carbonyl (C=O) groups is 1. The molecule has 0 N–H and O–H groups in total. The van der Waals surface area contributed by atoms with E-state index in [1.165, 1.54) is 0 Å². The predicted octanol–water partition coefficient (Wildman–Crippen LogP) is 3.79. The van der Waals surface area contributed by atoms with E-state index in [1.54, 1.807) is 18.9 Å². The molecule has 1 aromatic heterocycles. The molecule has 2 aromatic carbocycles. The zero-order chi connectivity index (χ0) is 18.7. The Balaban J connectivity index is 1.73. The number of nitrogens with zero attached hydrogens (tertiary/aromatic N) is 3. The fourth-order valence-electron chi connectivity index (χ4n) is 3.14. The number of fused-ring (bicyclic) bond motifs is 1. The van der Waals surface area contributed by atoms with E-state index < -0.39 is 6.10 Å². The SMILES string of the molecule is CCn1c(CN(C)C(=O)C(C)Oc2cccc(C)c2)nc2ccccc21. The van der Waals surface area contributed by atoms with E-state index in [9.17, 15) is 4.79 Å². The molecular formula is C21H25N3O2. The molecule has 0 spiro atoms. The van der Waals surface area contributed by atoms with Crippen LogP contribution in [0.5, 0.6) is 5.75 Å². The highest BCUT2D eigenvalue weighted by molar-refractivity contribution is 5.81. The first kappa shape index (κ1) is 18.0. The average molecular weight is 351 g/mol. The van der Waals surface area contributed by atoms with Crippen molar-refractivity contribution < 1.29 is 9.53 Å². The number of hydrogen-bond acceptors (Lipinski definition) is 3. The highest BCUT2D eigenvalue weighted by Crippen LogP contribution is 2.18. The number of para-hydroxylation sites is 2. The van der Waals surface area contributed by atoms with Gasteiger partial charge in [0.25, 0.3) is 5.91 Å². The number of aryl methyl sites for hydroxylation is 2. The molecule has 1 heterocycles. The molecule has 5 nitrogen and oxygen atoms in total. The van der Waals surface area contributed by atoms with Gasteiger partial charge in [0, 0.05) is 13.6 Å². The summed E-state index contributed by atoms with van der Waals surface area (Å²) >= 11 is 0. The summed E-state index contributed by atoms with van der Waals surface area (Å²) in [5.41, 5.74) is 3.15. The van der Waals surface area contributed by atoms with Crippen LogP contribution in [0.25, 0.3) is 11.0 Å². The molecule has 0 aliphatic rings. The summed E-state index contributed by atoms with van der Waals surface area (Å²) in [4.78, 5) is 19.1. The number of ether oxygens (including phenoxy) is 1. The maximum absolute atomic E-state index is 12.7. The van der Waals surface area contributed by atoms with Gasteiger partial charge in [0.2, 0.25) is 0 Å². The summed E-state index contributed by atoms with van der Waals surface area (Å²) in [5.74, 6) is 1.52. The quantitative estimate of drug-likeness (QED) is 0.679. The smallest absolute Gasteiger partial charge is 0.263 e. The number of aromatic nitrogens is 2. The van der Waals surface area contributed by atoms with Gasteiger partial charge in [0.1, 0.15) is 11.6 Å². The van der Waals surface area contributed by atoms with Gasteiger partial charge in [0.05, 0.1) is 17.6 Å². The number of hydrogen-bond donors (Lipinski definition) is 0. The molecule has 3 aromatic rings. The van der Waals surface area contributed by atoms with Crippen LogP contribution in [0.2, 0.25) is 0 Å². The van der Waals surface area contributed by atoms with Crippen LogP contribution in [0.4, 0.5) is 0 Å². The lowest BCUT2D eigenvalue weighted by atomic mass is 10.2. The minimum absolute atomic E-state index is 0.0683. The van der Waals surface area contributed by atoms with E-state index in [0.717, 1.165) is 29.0 Å². The van der Waals surface area contributed by atoms with Crippen LogP contribution in [0.15, 0.2) is 48.5 Å². The Bertz CT molecular complexity index is 917. The van der Waals surface area contributed by atoms with Gasteiger partial charge >= 0.3 is 0 Å². The van der Waals surface area contributed by atoms with Gasteiger partial charge in [-0.2, -0.15) is 0 Å². The van der Waals surface area contributed by atoms with Gasteiger partial charge in [-0.05, 0) is 50.6 Å². The maximum atomic E-state index is 12.7. The summed E-state index contributed by atoms with van der Waals surface area (Å²) < 4.78 is 7.96. The van der Waals surface area contributed by atoms with Crippen molar-refractivity contribution in [1.29, 1.82) is 0 Å². The van der Waals surface area contributed by atoms with Gasteiger partial charge < -0.3 is 14.2 Å². The summed E-state index contributed by atoms with van der Waals surface area (Å²) in [5, 5.41) is 0. The second-order valence-corrected chi connectivity index (χ2v) is 6.53. The Morgan fingerprint density at radius 2 is 2.00 bits per heavy atom. The van der Waals surface area contributed by atoms with Crippen molar-refractivity contribution in [2.45, 2.75) is 40.0 Å². The van der Waals surface area contributed by atoms with Crippen LogP contribution >= 0.6 is 0 Å². The van der Waals surface area contributed by atoms with E-state index in [4.69, 9.17) is 4.74 Å². The molecular weight excluding hydrogens is 326 g/mol. The fourth-order valence-corrected chi connectivity index (χ4v) is 3.14. The number of imidazole rings is 1. The Hall–Kier alpha value is -2.82. The predicted molar refractivity (Wildman–Crippen MR) is 103 cm³/mol. The first-order valence-corrected chi connectivity index (χ1v) is 8.92. The van der Waals surface area contributed by atoms with Crippen LogP contribution < -0.4 is 4.74 Å². The minimum Gasteiger partial charge on any atom is -0.481 e. The number of carbonyl (C=O) groups excluding carboxylic acids is 1. The Kier molecular flexibility index (Phi) is 5.26. The molecule has 26 heavy (non-hydrogen) atoms. The molecule has 0 saturated heterocycles. The molecule has 0 bridgehead atoms. The van der Waals surface area contributed by atoms with Crippen LogP contribution in [-0.4, -0.2) is 33.5 Å². The largest absolute Gasteiger partial charge is 0.481 e. The normalized spacial score (nSPS) is 12.2. The highest BCUT2D eigenvalue weighted by Gasteiger charge is 2.21. The molecule has 5 heteroatoms. The summed E-state index contributed by atoms with van der Waals surface area (Å²) in [6.07, 6.45) is -0.554. The van der Waals surface area contributed by atoms with Gasteiger partial charge in [0.15, 0.2) is 6.10 Å². The Morgan fingerprint density at radius 3 is 2.73 bits per heavy atom. The molecule has 0 saturated carbocycles. The maximum Gasteiger partial charge on any atom is 0.263 e. The molecule has 3 rings (SSSR count). The van der Waals surface area contributed by atoms with E-state index in [1.807, 2.05) is 49.4 Å². The molecule has 0 radical (unpaired) electrons. The molecule has 0 aliphatic carbocycles. The van der Waals surface area contributed by atoms with Crippen molar-refractivity contribution >= 4 is 16.9 Å². The summed E-state index contributed by atoms with van der Waals surface area (Å²) in [6, 6.07) is 15.8. The first-order chi connectivity index (χ1) is 12.5. The molecule has 136 valence electrons. The van der Waals surface area contributed by atoms with Crippen molar-refractivity contribution in [3.63, 3.8) is 0 Å². The van der Waals surface area contributed by atoms with Crippen LogP contribution in [-0.2, 0) is 17.9 Å². The standard InChI is InChI=1S/C21H25N3O2/c1-5-24-19-12-7-6-11-18(19)22-20(24)14-23(4)21(25)16(3)26-17-10-8-9-15(2)13-17/h6-13,16H,5,14H2,1-4H3. The molecule has 1 unspecified atom stereocenters. The monoisotopic (exact) mass is 351 g/mol. The average Bonchev–Trinajstić information content (AvgIpc) is 2.97. The lowest BCUT2D eigenvalue weighted by Gasteiger charge is -2.22. The van der Waals surface area contributed by atoms with Crippen LogP contribution in [0.3, 0.4) is 0 Å². The second kappa shape index (κ2) is 7.60. The second-order valence-electron chi connectivity index (χ2n) is 6.53. The third kappa shape index (κ3) is 3.72. The number of benzene rings is 2. The zero-order valence-electron chi connectivity index (χ0n) is 15.8. The van der Waals surface area contributed by atoms with Crippen molar-refractivity contribution in [2.75, 3.05) is 7.05 Å². The Labute approximate surface area is 154 Å². The lowest BCUT2D eigenvalue weighted by Crippen LogP contribution is -2.38. The van der Waals surface area contributed by atoms with Gasteiger partial charge in [-0.25, -0.2) is 4.98 Å². The third-order valence-corrected chi connectivity index (χ3v) is 4.45. The van der Waals surface area contributed by atoms with Crippen LogP contribution in [0.1, 0.15) is 25.2 Å². The number of rotatable bonds is 6. The minimum atomic E-state index is -0.554. The fraction of sp³-hybridized carbons (Fsp3) is 0.333. The number of likely N-dealkylation sites (N-methyl/N-ethyl adjacent to an activating group) is 1. The van der Waals surface area contributed by atoms with Gasteiger partial charge in [-0.1, -0.05) is 24.3 Å². The van der Waals surface area contributed by atoms with E-state index in [2.05, 4.69) is 22.5 Å². The van der Waals surface area contributed by atoms with Gasteiger partial charge in [-0.15, -0.1) is 0 Å². The topological polar surface area (TPSA) is 47.4 Å². The van der Waals surface area contributed by atoms with E-state index in [0.29, 0.717) is 12.3 Å².